The van der Waals surface area contributed by atoms with Crippen LogP contribution in [0.5, 0.6) is 11.5 Å². The molecule has 1 amide bonds. The molecular formula is C23H20N6O3S. The lowest BCUT2D eigenvalue weighted by molar-refractivity contribution is 0.102. The highest BCUT2D eigenvalue weighted by Gasteiger charge is 2.22. The van der Waals surface area contributed by atoms with E-state index in [0.717, 1.165) is 17.1 Å². The molecule has 2 aromatic carbocycles. The fraction of sp³-hybridized carbons (Fsp3) is 0.174. The van der Waals surface area contributed by atoms with Gasteiger partial charge in [0, 0.05) is 28.9 Å². The number of thioether (sulfide) groups is 1. The van der Waals surface area contributed by atoms with Gasteiger partial charge in [-0.2, -0.15) is 0 Å². The molecule has 5 rings (SSSR count). The molecule has 0 radical (unpaired) electrons. The first-order chi connectivity index (χ1) is 16.1. The van der Waals surface area contributed by atoms with Gasteiger partial charge in [-0.05, 0) is 44.2 Å². The Hall–Kier alpha value is -3.92. The number of carbonyl (C=O) groups is 1. The Morgan fingerprint density at radius 1 is 1.03 bits per heavy atom. The van der Waals surface area contributed by atoms with Gasteiger partial charge >= 0.3 is 0 Å². The third-order valence-corrected chi connectivity index (χ3v) is 5.77. The maximum absolute atomic E-state index is 13.2. The van der Waals surface area contributed by atoms with Crippen molar-refractivity contribution < 1.29 is 14.3 Å². The number of hydrogen-bond acceptors (Lipinski definition) is 8. The van der Waals surface area contributed by atoms with E-state index in [4.69, 9.17) is 9.47 Å². The van der Waals surface area contributed by atoms with Gasteiger partial charge in [0.05, 0.1) is 11.4 Å². The highest BCUT2D eigenvalue weighted by atomic mass is 32.2. The number of carbonyl (C=O) groups excluding carboxylic acids is 1. The molecule has 0 saturated carbocycles. The highest BCUT2D eigenvalue weighted by molar-refractivity contribution is 7.98. The molecule has 0 bridgehead atoms. The van der Waals surface area contributed by atoms with Crippen molar-refractivity contribution in [3.05, 3.63) is 77.4 Å². The Kier molecular flexibility index (Phi) is 5.66. The Labute approximate surface area is 194 Å². The molecule has 166 valence electrons. The van der Waals surface area contributed by atoms with Gasteiger partial charge in [-0.25, -0.2) is 14.6 Å². The van der Waals surface area contributed by atoms with Crippen LogP contribution in [0.1, 0.15) is 27.6 Å². The van der Waals surface area contributed by atoms with Crippen molar-refractivity contribution in [1.82, 2.24) is 25.0 Å². The number of benzene rings is 2. The molecule has 0 fully saturated rings. The summed E-state index contributed by atoms with van der Waals surface area (Å²) < 4.78 is 12.4. The van der Waals surface area contributed by atoms with E-state index < -0.39 is 0 Å². The monoisotopic (exact) mass is 460 g/mol. The van der Waals surface area contributed by atoms with Crippen molar-refractivity contribution in [1.29, 1.82) is 0 Å². The van der Waals surface area contributed by atoms with E-state index >= 15 is 0 Å². The molecule has 0 unspecified atom stereocenters. The molecule has 1 N–H and O–H groups in total. The lowest BCUT2D eigenvalue weighted by Gasteiger charge is -2.09. The number of rotatable bonds is 6. The number of anilines is 1. The minimum Gasteiger partial charge on any atom is -0.454 e. The molecule has 0 saturated heterocycles. The second-order valence-electron chi connectivity index (χ2n) is 7.38. The van der Waals surface area contributed by atoms with Crippen LogP contribution < -0.4 is 14.8 Å². The molecule has 3 heterocycles. The molecule has 0 aliphatic carbocycles. The van der Waals surface area contributed by atoms with Crippen LogP contribution in [0.2, 0.25) is 0 Å². The SMILES string of the molecule is Cc1cc(C)nc(SCc2c(C(=O)Nc3ccc4c(c3)OCO4)nnn2-c2ccccc2)n1. The number of amides is 1. The van der Waals surface area contributed by atoms with Gasteiger partial charge in [0.2, 0.25) is 6.79 Å². The molecule has 0 spiro atoms. The summed E-state index contributed by atoms with van der Waals surface area (Å²) in [6.07, 6.45) is 0. The van der Waals surface area contributed by atoms with Gasteiger partial charge in [0.1, 0.15) is 0 Å². The largest absolute Gasteiger partial charge is 0.454 e. The number of hydrogen-bond donors (Lipinski definition) is 1. The number of ether oxygens (including phenoxy) is 2. The van der Waals surface area contributed by atoms with Crippen molar-refractivity contribution in [3.8, 4) is 17.2 Å². The van der Waals surface area contributed by atoms with Gasteiger partial charge in [0.25, 0.3) is 5.91 Å². The average molecular weight is 461 g/mol. The quantitative estimate of drug-likeness (QED) is 0.341. The van der Waals surface area contributed by atoms with Crippen molar-refractivity contribution in [3.63, 3.8) is 0 Å². The maximum Gasteiger partial charge on any atom is 0.278 e. The summed E-state index contributed by atoms with van der Waals surface area (Å²) in [4.78, 5) is 22.1. The lowest BCUT2D eigenvalue weighted by Crippen LogP contribution is -2.15. The van der Waals surface area contributed by atoms with Crippen molar-refractivity contribution in [2.75, 3.05) is 12.1 Å². The number of aryl methyl sites for hydroxylation is 2. The predicted octanol–water partition coefficient (Wildman–Crippen LogP) is 3.95. The summed E-state index contributed by atoms with van der Waals surface area (Å²) in [5.41, 5.74) is 4.04. The molecule has 1 aliphatic heterocycles. The minimum absolute atomic E-state index is 0.167. The number of nitrogens with one attached hydrogen (secondary N) is 1. The van der Waals surface area contributed by atoms with Crippen LogP contribution in [0.4, 0.5) is 5.69 Å². The number of aromatic nitrogens is 5. The standard InChI is InChI=1S/C23H20N6O3S/c1-14-10-15(2)25-23(24-14)33-12-18-21(27-28-29(18)17-6-4-3-5-7-17)22(30)26-16-8-9-19-20(11-16)32-13-31-19/h3-11H,12-13H2,1-2H3,(H,26,30). The molecule has 0 atom stereocenters. The molecule has 1 aliphatic rings. The average Bonchev–Trinajstić information content (AvgIpc) is 3.44. The fourth-order valence-corrected chi connectivity index (χ4v) is 4.38. The Morgan fingerprint density at radius 2 is 1.79 bits per heavy atom. The molecule has 2 aromatic heterocycles. The van der Waals surface area contributed by atoms with Gasteiger partial charge in [-0.3, -0.25) is 4.79 Å². The van der Waals surface area contributed by atoms with E-state index in [2.05, 4.69) is 25.6 Å². The van der Waals surface area contributed by atoms with Crippen LogP contribution in [0.15, 0.2) is 59.8 Å². The molecule has 10 heteroatoms. The summed E-state index contributed by atoms with van der Waals surface area (Å²) in [6.45, 7) is 4.03. The Balaban J connectivity index is 1.45. The number of para-hydroxylation sites is 1. The zero-order valence-electron chi connectivity index (χ0n) is 18.0. The summed E-state index contributed by atoms with van der Waals surface area (Å²) in [6, 6.07) is 16.7. The number of fused-ring (bicyclic) bond motifs is 1. The first-order valence-electron chi connectivity index (χ1n) is 10.2. The first kappa shape index (κ1) is 21.0. The van der Waals surface area contributed by atoms with Crippen molar-refractivity contribution in [2.45, 2.75) is 24.8 Å². The molecule has 33 heavy (non-hydrogen) atoms. The Bertz CT molecular complexity index is 1310. The van der Waals surface area contributed by atoms with E-state index in [1.165, 1.54) is 11.8 Å². The summed E-state index contributed by atoms with van der Waals surface area (Å²) >= 11 is 1.43. The van der Waals surface area contributed by atoms with E-state index in [1.54, 1.807) is 22.9 Å². The van der Waals surface area contributed by atoms with Gasteiger partial charge in [-0.15, -0.1) is 5.10 Å². The maximum atomic E-state index is 13.2. The van der Waals surface area contributed by atoms with Crippen molar-refractivity contribution >= 4 is 23.4 Å². The lowest BCUT2D eigenvalue weighted by atomic mass is 10.2. The Morgan fingerprint density at radius 3 is 2.58 bits per heavy atom. The van der Waals surface area contributed by atoms with Crippen LogP contribution >= 0.6 is 11.8 Å². The first-order valence-corrected chi connectivity index (χ1v) is 11.2. The normalized spacial score (nSPS) is 12.1. The van der Waals surface area contributed by atoms with Crippen LogP contribution in [-0.4, -0.2) is 37.7 Å². The predicted molar refractivity (Wildman–Crippen MR) is 123 cm³/mol. The van der Waals surface area contributed by atoms with Crippen LogP contribution in [-0.2, 0) is 5.75 Å². The van der Waals surface area contributed by atoms with E-state index in [0.29, 0.717) is 33.8 Å². The zero-order chi connectivity index (χ0) is 22.8. The fourth-order valence-electron chi connectivity index (χ4n) is 3.44. The van der Waals surface area contributed by atoms with Gasteiger partial charge in [-0.1, -0.05) is 35.2 Å². The summed E-state index contributed by atoms with van der Waals surface area (Å²) in [5, 5.41) is 12.0. The topological polar surface area (TPSA) is 104 Å². The smallest absolute Gasteiger partial charge is 0.278 e. The van der Waals surface area contributed by atoms with Gasteiger partial charge < -0.3 is 14.8 Å². The molecule has 9 nitrogen and oxygen atoms in total. The molecule has 4 aromatic rings. The number of nitrogens with zero attached hydrogens (tertiary/aromatic N) is 5. The highest BCUT2D eigenvalue weighted by Crippen LogP contribution is 2.34. The van der Waals surface area contributed by atoms with Crippen LogP contribution in [0.3, 0.4) is 0 Å². The molecular weight excluding hydrogens is 440 g/mol. The van der Waals surface area contributed by atoms with Crippen LogP contribution in [0.25, 0.3) is 5.69 Å². The van der Waals surface area contributed by atoms with Crippen LogP contribution in [0, 0.1) is 13.8 Å². The third kappa shape index (κ3) is 4.51. The summed E-state index contributed by atoms with van der Waals surface area (Å²) in [7, 11) is 0. The minimum atomic E-state index is -0.368. The van der Waals surface area contributed by atoms with E-state index in [-0.39, 0.29) is 18.4 Å². The van der Waals surface area contributed by atoms with Crippen molar-refractivity contribution in [2.24, 2.45) is 0 Å². The van der Waals surface area contributed by atoms with E-state index in [1.807, 2.05) is 50.2 Å². The second kappa shape index (κ2) is 8.91. The van der Waals surface area contributed by atoms with Gasteiger partial charge in [0.15, 0.2) is 22.3 Å². The third-order valence-electron chi connectivity index (χ3n) is 4.91. The zero-order valence-corrected chi connectivity index (χ0v) is 18.8. The van der Waals surface area contributed by atoms with E-state index in [9.17, 15) is 4.79 Å². The second-order valence-corrected chi connectivity index (χ2v) is 8.32. The summed E-state index contributed by atoms with van der Waals surface area (Å²) in [5.74, 6) is 1.28.